The maximum absolute atomic E-state index is 5.94. The highest BCUT2D eigenvalue weighted by Crippen LogP contribution is 2.40. The third-order valence-electron chi connectivity index (χ3n) is 5.14. The maximum atomic E-state index is 5.94. The van der Waals surface area contributed by atoms with Crippen molar-refractivity contribution in [3.8, 4) is 5.75 Å². The molecule has 2 aliphatic rings. The van der Waals surface area contributed by atoms with Crippen molar-refractivity contribution in [3.63, 3.8) is 0 Å². The van der Waals surface area contributed by atoms with Gasteiger partial charge in [0.25, 0.3) is 0 Å². The van der Waals surface area contributed by atoms with Crippen LogP contribution in [0.4, 0.5) is 0 Å². The minimum Gasteiger partial charge on any atom is -0.493 e. The van der Waals surface area contributed by atoms with Gasteiger partial charge in [0.1, 0.15) is 5.75 Å². The molecule has 0 amide bonds. The summed E-state index contributed by atoms with van der Waals surface area (Å²) in [5, 5.41) is 3.70. The van der Waals surface area contributed by atoms with Gasteiger partial charge in [-0.15, -0.1) is 0 Å². The molecule has 4 unspecified atom stereocenters. The summed E-state index contributed by atoms with van der Waals surface area (Å²) in [6, 6.07) is 10.3. The summed E-state index contributed by atoms with van der Waals surface area (Å²) in [6.07, 6.45) is 2.40. The Morgan fingerprint density at radius 2 is 2.05 bits per heavy atom. The molecule has 2 aliphatic heterocycles. The largest absolute Gasteiger partial charge is 0.493 e. The first kappa shape index (κ1) is 14.9. The first-order valence-electron chi connectivity index (χ1n) is 8.45. The zero-order chi connectivity index (χ0) is 14.8. The number of fused-ring (bicyclic) bond motifs is 1. The SMILES string of the molecule is CCC1CN(C2c3ccccc3OCC2C)C(CC)CN1. The second-order valence-electron chi connectivity index (χ2n) is 6.54. The Balaban J connectivity index is 1.92. The van der Waals surface area contributed by atoms with Crippen molar-refractivity contribution in [2.45, 2.75) is 51.7 Å². The molecule has 3 rings (SSSR count). The lowest BCUT2D eigenvalue weighted by molar-refractivity contribution is 0.0246. The van der Waals surface area contributed by atoms with Crippen molar-refractivity contribution < 1.29 is 4.74 Å². The fourth-order valence-electron chi connectivity index (χ4n) is 3.86. The zero-order valence-corrected chi connectivity index (χ0v) is 13.5. The van der Waals surface area contributed by atoms with Gasteiger partial charge in [-0.05, 0) is 18.9 Å². The summed E-state index contributed by atoms with van der Waals surface area (Å²) >= 11 is 0. The minimum atomic E-state index is 0.496. The predicted molar refractivity (Wildman–Crippen MR) is 86.7 cm³/mol. The summed E-state index contributed by atoms with van der Waals surface area (Å²) in [4.78, 5) is 2.75. The van der Waals surface area contributed by atoms with E-state index >= 15 is 0 Å². The average Bonchev–Trinajstić information content (AvgIpc) is 2.54. The van der Waals surface area contributed by atoms with Crippen LogP contribution in [0.2, 0.25) is 0 Å². The first-order chi connectivity index (χ1) is 10.2. The smallest absolute Gasteiger partial charge is 0.124 e. The van der Waals surface area contributed by atoms with E-state index in [1.54, 1.807) is 0 Å². The number of hydrogen-bond acceptors (Lipinski definition) is 3. The van der Waals surface area contributed by atoms with Crippen molar-refractivity contribution in [2.24, 2.45) is 5.92 Å². The third-order valence-corrected chi connectivity index (χ3v) is 5.14. The third kappa shape index (κ3) is 2.82. The normalized spacial score (nSPS) is 33.3. The number of nitrogens with zero attached hydrogens (tertiary/aromatic N) is 1. The van der Waals surface area contributed by atoms with E-state index in [0.29, 0.717) is 24.0 Å². The van der Waals surface area contributed by atoms with Gasteiger partial charge >= 0.3 is 0 Å². The number of nitrogens with one attached hydrogen (secondary N) is 1. The van der Waals surface area contributed by atoms with Gasteiger partial charge in [-0.2, -0.15) is 0 Å². The van der Waals surface area contributed by atoms with Crippen LogP contribution in [-0.4, -0.2) is 36.7 Å². The van der Waals surface area contributed by atoms with Crippen LogP contribution in [0.1, 0.15) is 45.2 Å². The molecule has 0 aliphatic carbocycles. The van der Waals surface area contributed by atoms with Gasteiger partial charge in [-0.25, -0.2) is 0 Å². The number of benzene rings is 1. The fourth-order valence-corrected chi connectivity index (χ4v) is 3.86. The molecule has 2 heterocycles. The van der Waals surface area contributed by atoms with Gasteiger partial charge in [0, 0.05) is 42.7 Å². The molecular formula is C18H28N2O. The molecular weight excluding hydrogens is 260 g/mol. The van der Waals surface area contributed by atoms with E-state index in [4.69, 9.17) is 4.74 Å². The Kier molecular flexibility index (Phi) is 4.51. The highest BCUT2D eigenvalue weighted by Gasteiger charge is 2.38. The Bertz CT molecular complexity index is 476. The van der Waals surface area contributed by atoms with Gasteiger partial charge in [0.05, 0.1) is 6.61 Å². The van der Waals surface area contributed by atoms with E-state index in [2.05, 4.69) is 55.3 Å². The van der Waals surface area contributed by atoms with Crippen LogP contribution in [0.3, 0.4) is 0 Å². The molecule has 0 aromatic heterocycles. The van der Waals surface area contributed by atoms with Crippen molar-refractivity contribution in [2.75, 3.05) is 19.7 Å². The molecule has 1 saturated heterocycles. The molecule has 0 bridgehead atoms. The van der Waals surface area contributed by atoms with Gasteiger partial charge < -0.3 is 10.1 Å². The number of rotatable bonds is 3. The summed E-state index contributed by atoms with van der Waals surface area (Å²) in [7, 11) is 0. The van der Waals surface area contributed by atoms with Crippen LogP contribution in [0.15, 0.2) is 24.3 Å². The van der Waals surface area contributed by atoms with Crippen LogP contribution < -0.4 is 10.1 Å². The van der Waals surface area contributed by atoms with Crippen LogP contribution in [0.5, 0.6) is 5.75 Å². The number of piperazine rings is 1. The molecule has 3 heteroatoms. The molecule has 1 fully saturated rings. The van der Waals surface area contributed by atoms with E-state index in [9.17, 15) is 0 Å². The molecule has 1 N–H and O–H groups in total. The van der Waals surface area contributed by atoms with E-state index in [-0.39, 0.29) is 0 Å². The monoisotopic (exact) mass is 288 g/mol. The van der Waals surface area contributed by atoms with E-state index in [0.717, 1.165) is 25.4 Å². The van der Waals surface area contributed by atoms with Gasteiger partial charge in [0.2, 0.25) is 0 Å². The number of para-hydroxylation sites is 1. The summed E-state index contributed by atoms with van der Waals surface area (Å²) in [5.74, 6) is 1.63. The molecule has 21 heavy (non-hydrogen) atoms. The van der Waals surface area contributed by atoms with Gasteiger partial charge in [-0.1, -0.05) is 39.0 Å². The minimum absolute atomic E-state index is 0.496. The lowest BCUT2D eigenvalue weighted by Crippen LogP contribution is -2.58. The van der Waals surface area contributed by atoms with Crippen LogP contribution in [0.25, 0.3) is 0 Å². The molecule has 0 spiro atoms. The van der Waals surface area contributed by atoms with E-state index < -0.39 is 0 Å². The Morgan fingerprint density at radius 3 is 2.81 bits per heavy atom. The van der Waals surface area contributed by atoms with Gasteiger partial charge in [0.15, 0.2) is 0 Å². The lowest BCUT2D eigenvalue weighted by atomic mass is 9.87. The summed E-state index contributed by atoms with van der Waals surface area (Å²) in [5.41, 5.74) is 1.38. The van der Waals surface area contributed by atoms with Crippen molar-refractivity contribution >= 4 is 0 Å². The van der Waals surface area contributed by atoms with E-state index in [1.165, 1.54) is 18.4 Å². The first-order valence-corrected chi connectivity index (χ1v) is 8.45. The maximum Gasteiger partial charge on any atom is 0.124 e. The Hall–Kier alpha value is -1.06. The quantitative estimate of drug-likeness (QED) is 0.924. The topological polar surface area (TPSA) is 24.5 Å². The van der Waals surface area contributed by atoms with Crippen LogP contribution in [0, 0.1) is 5.92 Å². The summed E-state index contributed by atoms with van der Waals surface area (Å²) in [6.45, 7) is 10.0. The van der Waals surface area contributed by atoms with E-state index in [1.807, 2.05) is 0 Å². The van der Waals surface area contributed by atoms with Crippen molar-refractivity contribution in [1.29, 1.82) is 0 Å². The van der Waals surface area contributed by atoms with Crippen LogP contribution >= 0.6 is 0 Å². The average molecular weight is 288 g/mol. The highest BCUT2D eigenvalue weighted by molar-refractivity contribution is 5.38. The standard InChI is InChI=1S/C18H28N2O/c1-4-14-11-20(15(5-2)10-19-14)18-13(3)12-21-17-9-7-6-8-16(17)18/h6-9,13-15,18-19H,4-5,10-12H2,1-3H3. The highest BCUT2D eigenvalue weighted by atomic mass is 16.5. The fraction of sp³-hybridized carbons (Fsp3) is 0.667. The molecule has 0 radical (unpaired) electrons. The number of ether oxygens (including phenoxy) is 1. The molecule has 4 atom stereocenters. The Labute approximate surface area is 128 Å². The molecule has 0 saturated carbocycles. The predicted octanol–water partition coefficient (Wildman–Crippen LogP) is 3.22. The zero-order valence-electron chi connectivity index (χ0n) is 13.5. The summed E-state index contributed by atoms with van der Waals surface area (Å²) < 4.78 is 5.94. The van der Waals surface area contributed by atoms with Crippen molar-refractivity contribution in [1.82, 2.24) is 10.2 Å². The number of hydrogen-bond donors (Lipinski definition) is 1. The second-order valence-corrected chi connectivity index (χ2v) is 6.54. The molecule has 116 valence electrons. The van der Waals surface area contributed by atoms with Crippen molar-refractivity contribution in [3.05, 3.63) is 29.8 Å². The van der Waals surface area contributed by atoms with Crippen LogP contribution in [-0.2, 0) is 0 Å². The van der Waals surface area contributed by atoms with Gasteiger partial charge in [-0.3, -0.25) is 4.90 Å². The lowest BCUT2D eigenvalue weighted by Gasteiger charge is -2.48. The molecule has 1 aromatic rings. The Morgan fingerprint density at radius 1 is 1.24 bits per heavy atom. The molecule has 1 aromatic carbocycles. The molecule has 3 nitrogen and oxygen atoms in total. The second kappa shape index (κ2) is 6.37.